The van der Waals surface area contributed by atoms with Gasteiger partial charge in [0.1, 0.15) is 10.1 Å². The molecule has 194 valence electrons. The fraction of sp³-hybridized carbons (Fsp3) is 0.545. The first-order chi connectivity index (χ1) is 16.5. The molecule has 0 aliphatic carbocycles. The van der Waals surface area contributed by atoms with E-state index >= 15 is 0 Å². The van der Waals surface area contributed by atoms with Crippen molar-refractivity contribution in [2.45, 2.75) is 23.3 Å². The van der Waals surface area contributed by atoms with Crippen LogP contribution in [0, 0.1) is 0 Å². The van der Waals surface area contributed by atoms with Crippen molar-refractivity contribution in [3.05, 3.63) is 47.8 Å². The van der Waals surface area contributed by atoms with Crippen LogP contribution in [0.3, 0.4) is 0 Å². The Morgan fingerprint density at radius 1 is 0.600 bits per heavy atom. The van der Waals surface area contributed by atoms with Crippen LogP contribution in [0.15, 0.2) is 46.7 Å². The molecule has 0 saturated carbocycles. The molecule has 0 saturated heterocycles. The number of hydrogen-bond donors (Lipinski definition) is 2. The summed E-state index contributed by atoms with van der Waals surface area (Å²) in [5, 5.41) is 19.4. The Morgan fingerprint density at radius 3 is 1.29 bits per heavy atom. The van der Waals surface area contributed by atoms with Crippen LogP contribution in [0.4, 0.5) is 0 Å². The van der Waals surface area contributed by atoms with E-state index in [0.717, 1.165) is 20.6 Å². The molecular formula is C22H34N2O8S2Zn. The summed E-state index contributed by atoms with van der Waals surface area (Å²) >= 11 is 9.70. The molecule has 0 spiro atoms. The Kier molecular flexibility index (Phi) is 21.2. The van der Waals surface area contributed by atoms with Crippen LogP contribution in [0.25, 0.3) is 0 Å². The number of aromatic nitrogens is 2. The van der Waals surface area contributed by atoms with E-state index in [4.69, 9.17) is 53.7 Å². The van der Waals surface area contributed by atoms with Crippen LogP contribution in [0.1, 0.15) is 11.1 Å². The normalized spacial score (nSPS) is 10.3. The molecule has 0 unspecified atom stereocenters. The minimum atomic E-state index is 0. The molecule has 0 radical (unpaired) electrons. The average Bonchev–Trinajstić information content (AvgIpc) is 2.83. The minimum absolute atomic E-state index is 0. The van der Waals surface area contributed by atoms with Gasteiger partial charge in [0, 0.05) is 44.8 Å². The van der Waals surface area contributed by atoms with Crippen LogP contribution >= 0.6 is 0 Å². The quantitative estimate of drug-likeness (QED) is 0.0960. The second kappa shape index (κ2) is 22.0. The molecule has 0 aromatic carbocycles. The van der Waals surface area contributed by atoms with Gasteiger partial charge in [-0.15, -0.1) is 0 Å². The van der Waals surface area contributed by atoms with Crippen molar-refractivity contribution >= 4 is 25.3 Å². The van der Waals surface area contributed by atoms with Crippen molar-refractivity contribution in [3.63, 3.8) is 0 Å². The zero-order valence-electron chi connectivity index (χ0n) is 20.3. The monoisotopic (exact) mass is 582 g/mol. The van der Waals surface area contributed by atoms with E-state index in [1.54, 1.807) is 26.4 Å². The van der Waals surface area contributed by atoms with Crippen molar-refractivity contribution in [3.8, 4) is 0 Å². The molecular weight excluding hydrogens is 550 g/mol. The van der Waals surface area contributed by atoms with Crippen molar-refractivity contribution < 1.29 is 67.8 Å². The van der Waals surface area contributed by atoms with Gasteiger partial charge in [-0.1, -0.05) is 0 Å². The van der Waals surface area contributed by atoms with Gasteiger partial charge in [0.05, 0.1) is 66.1 Å². The van der Waals surface area contributed by atoms with E-state index in [9.17, 15) is 10.4 Å². The molecule has 0 atom stereocenters. The Hall–Kier alpha value is -1.28. The molecule has 35 heavy (non-hydrogen) atoms. The fourth-order valence-corrected chi connectivity index (χ4v) is 2.55. The van der Waals surface area contributed by atoms with Gasteiger partial charge in [0.25, 0.3) is 0 Å². The molecule has 2 N–H and O–H groups in total. The molecule has 2 heterocycles. The first-order valence-electron chi connectivity index (χ1n) is 10.6. The molecule has 0 fully saturated rings. The van der Waals surface area contributed by atoms with E-state index in [2.05, 4.69) is 0 Å². The van der Waals surface area contributed by atoms with Gasteiger partial charge in [0.2, 0.25) is 12.4 Å². The van der Waals surface area contributed by atoms with Crippen LogP contribution in [0.2, 0.25) is 0 Å². The Balaban J connectivity index is 0.000000642. The molecule has 13 heteroatoms. The van der Waals surface area contributed by atoms with Crippen LogP contribution < -0.4 is 9.46 Å². The largest absolute Gasteiger partial charge is 0.705 e. The van der Waals surface area contributed by atoms with E-state index in [1.807, 2.05) is 12.1 Å². The molecule has 0 bridgehead atoms. The van der Waals surface area contributed by atoms with E-state index in [0.29, 0.717) is 76.1 Å². The topological polar surface area (TPSA) is 104 Å². The van der Waals surface area contributed by atoms with Crippen molar-refractivity contribution in [1.29, 1.82) is 0 Å². The summed E-state index contributed by atoms with van der Waals surface area (Å²) in [5.74, 6) is 0. The van der Waals surface area contributed by atoms with Crippen LogP contribution in [-0.2, 0) is 86.4 Å². The van der Waals surface area contributed by atoms with Crippen molar-refractivity contribution in [1.82, 2.24) is 0 Å². The number of rotatable bonds is 16. The van der Waals surface area contributed by atoms with E-state index < -0.39 is 0 Å². The smallest absolute Gasteiger partial charge is 0.225 e. The maximum absolute atomic E-state index is 9.32. The zero-order chi connectivity index (χ0) is 25.0. The van der Waals surface area contributed by atoms with Gasteiger partial charge in [-0.05, 0) is 33.7 Å². The number of hydrogen-bond acceptors (Lipinski definition) is 10. The molecule has 0 aliphatic rings. The summed E-state index contributed by atoms with van der Waals surface area (Å²) in [6.45, 7) is 5.23. The molecule has 0 aliphatic heterocycles. The van der Waals surface area contributed by atoms with E-state index in [1.165, 1.54) is 12.4 Å². The second-order valence-corrected chi connectivity index (χ2v) is 7.59. The fourth-order valence-electron chi connectivity index (χ4n) is 2.31. The third-order valence-corrected chi connectivity index (χ3v) is 4.70. The first kappa shape index (κ1) is 33.7. The summed E-state index contributed by atoms with van der Waals surface area (Å²) < 4.78 is 32.7. The third-order valence-electron chi connectivity index (χ3n) is 4.05. The van der Waals surface area contributed by atoms with Crippen molar-refractivity contribution in [2.75, 3.05) is 67.1 Å². The summed E-state index contributed by atoms with van der Waals surface area (Å²) in [4.78, 5) is 0. The van der Waals surface area contributed by atoms with E-state index in [-0.39, 0.29) is 19.5 Å². The number of nitrogens with zero attached hydrogens (tertiary/aromatic N) is 2. The number of pyridine rings is 2. The molecule has 0 amide bonds. The molecule has 10 nitrogen and oxygen atoms in total. The Bertz CT molecular complexity index is 743. The summed E-state index contributed by atoms with van der Waals surface area (Å²) in [6, 6.07) is 6.95. The van der Waals surface area contributed by atoms with Crippen LogP contribution in [-0.4, -0.2) is 77.5 Å². The molecule has 2 aromatic rings. The number of methoxy groups -OCH3 is 2. The summed E-state index contributed by atoms with van der Waals surface area (Å²) in [7, 11) is 3.26. The first-order valence-corrected chi connectivity index (χ1v) is 11.4. The predicted octanol–water partition coefficient (Wildman–Crippen LogP) is 0.591. The van der Waals surface area contributed by atoms with Crippen LogP contribution in [0.5, 0.6) is 0 Å². The van der Waals surface area contributed by atoms with Gasteiger partial charge in [-0.25, -0.2) is 0 Å². The zero-order valence-corrected chi connectivity index (χ0v) is 24.9. The minimum Gasteiger partial charge on any atom is -0.705 e. The van der Waals surface area contributed by atoms with Gasteiger partial charge < -0.3 is 53.7 Å². The third kappa shape index (κ3) is 16.9. The van der Waals surface area contributed by atoms with Crippen molar-refractivity contribution in [2.24, 2.45) is 0 Å². The second-order valence-electron chi connectivity index (χ2n) is 6.76. The van der Waals surface area contributed by atoms with Gasteiger partial charge in [-0.2, -0.15) is 0 Å². The molecule has 2 rings (SSSR count). The summed E-state index contributed by atoms with van der Waals surface area (Å²) in [6.07, 6.45) is 3.07. The van der Waals surface area contributed by atoms with Gasteiger partial charge in [0.15, 0.2) is 0 Å². The SMILES string of the molecule is COCCOCCOCc1ccc([S-])[n+](O)c1.COCCOCCOCc1ccc([S-])[n+](O)c1.[Zn]. The molecule has 2 aromatic heterocycles. The Labute approximate surface area is 230 Å². The van der Waals surface area contributed by atoms with Gasteiger partial charge >= 0.3 is 0 Å². The number of ether oxygens (including phenoxy) is 6. The Morgan fingerprint density at radius 2 is 0.943 bits per heavy atom. The standard InChI is InChI=1S/2C11H17NO4S.Zn/c2*1-14-4-5-15-6-7-16-9-10-2-3-11(17)12(13)8-10;/h2*2-3,8,13H,4-7,9H2,1H3;. The van der Waals surface area contributed by atoms with Gasteiger partial charge in [-0.3, -0.25) is 10.4 Å². The average molecular weight is 584 g/mol. The maximum atomic E-state index is 9.32. The predicted molar refractivity (Wildman–Crippen MR) is 124 cm³/mol. The maximum Gasteiger partial charge on any atom is 0.225 e. The summed E-state index contributed by atoms with van der Waals surface area (Å²) in [5.41, 5.74) is 1.72.